The summed E-state index contributed by atoms with van der Waals surface area (Å²) in [7, 11) is 1.46. The van der Waals surface area contributed by atoms with Crippen LogP contribution in [0.3, 0.4) is 0 Å². The highest BCUT2D eigenvalue weighted by molar-refractivity contribution is 8.13. The third-order valence-corrected chi connectivity index (χ3v) is 3.55. The fourth-order valence-corrected chi connectivity index (χ4v) is 2.03. The molecule has 0 aliphatic heterocycles. The molecule has 0 bridgehead atoms. The molecule has 0 N–H and O–H groups in total. The summed E-state index contributed by atoms with van der Waals surface area (Å²) in [4.78, 5) is 3.96. The number of nitrogens with zero attached hydrogens (tertiary/aromatic N) is 2. The molecule has 1 rings (SSSR count). The number of imidazole rings is 1. The van der Waals surface area contributed by atoms with Gasteiger partial charge in [-0.3, -0.25) is 0 Å². The van der Waals surface area contributed by atoms with Crippen LogP contribution in [0.1, 0.15) is 19.7 Å². The van der Waals surface area contributed by atoms with Crippen LogP contribution >= 0.6 is 22.3 Å². The summed E-state index contributed by atoms with van der Waals surface area (Å²) >= 11 is 5.55. The smallest absolute Gasteiger partial charge is 0.280 e. The molecule has 1 heterocycles. The Morgan fingerprint density at radius 3 is 2.69 bits per heavy atom. The monoisotopic (exact) mass is 282 g/mol. The number of hydrogen-bond acceptors (Lipinski definition) is 3. The van der Waals surface area contributed by atoms with Gasteiger partial charge in [-0.1, -0.05) is 18.5 Å². The molecule has 1 aromatic rings. The maximum atomic E-state index is 11.1. The zero-order valence-corrected chi connectivity index (χ0v) is 11.3. The van der Waals surface area contributed by atoms with E-state index in [1.165, 1.54) is 11.7 Å². The summed E-state index contributed by atoms with van der Waals surface area (Å²) in [5.74, 6) is 0.664. The summed E-state index contributed by atoms with van der Waals surface area (Å²) in [6.07, 6.45) is 2.05. The van der Waals surface area contributed by atoms with Crippen LogP contribution in [0.25, 0.3) is 0 Å². The van der Waals surface area contributed by atoms with Crippen molar-refractivity contribution in [2.75, 3.05) is 0 Å². The molecule has 0 saturated carbocycles. The molecule has 0 radical (unpaired) electrons. The maximum absolute atomic E-state index is 11.1. The van der Waals surface area contributed by atoms with Gasteiger partial charge in [0.2, 0.25) is 0 Å². The molecule has 0 aliphatic rings. The van der Waals surface area contributed by atoms with Crippen LogP contribution < -0.4 is 0 Å². The van der Waals surface area contributed by atoms with Crippen molar-refractivity contribution < 1.29 is 8.42 Å². The van der Waals surface area contributed by atoms with Gasteiger partial charge in [0.1, 0.15) is 5.82 Å². The highest BCUT2D eigenvalue weighted by Gasteiger charge is 2.16. The van der Waals surface area contributed by atoms with E-state index in [1.54, 1.807) is 4.57 Å². The number of rotatable bonds is 4. The van der Waals surface area contributed by atoms with Gasteiger partial charge >= 0.3 is 0 Å². The Balaban J connectivity index is 3.15. The van der Waals surface area contributed by atoms with Crippen molar-refractivity contribution in [2.45, 2.75) is 31.8 Å². The lowest BCUT2D eigenvalue weighted by molar-refractivity contribution is 0.606. The predicted octanol–water partition coefficient (Wildman–Crippen LogP) is 2.52. The fraction of sp³-hybridized carbons (Fsp3) is 0.444. The van der Waals surface area contributed by atoms with E-state index in [-0.39, 0.29) is 5.03 Å². The molecule has 4 nitrogen and oxygen atoms in total. The first-order valence-electron chi connectivity index (χ1n) is 4.65. The summed E-state index contributed by atoms with van der Waals surface area (Å²) in [5, 5.41) is -0.117. The molecule has 0 amide bonds. The first kappa shape index (κ1) is 13.5. The van der Waals surface area contributed by atoms with Gasteiger partial charge in [-0.25, -0.2) is 13.4 Å². The van der Waals surface area contributed by atoms with E-state index in [1.807, 2.05) is 13.8 Å². The van der Waals surface area contributed by atoms with Gasteiger partial charge in [0.15, 0.2) is 5.03 Å². The van der Waals surface area contributed by atoms with E-state index in [9.17, 15) is 8.42 Å². The number of halogens is 2. The second kappa shape index (κ2) is 5.21. The van der Waals surface area contributed by atoms with Crippen LogP contribution in [0.2, 0.25) is 0 Å². The van der Waals surface area contributed by atoms with Crippen molar-refractivity contribution in [1.82, 2.24) is 9.55 Å². The van der Waals surface area contributed by atoms with Gasteiger partial charge in [-0.15, -0.1) is 0 Å². The van der Waals surface area contributed by atoms with Crippen LogP contribution in [0.5, 0.6) is 0 Å². The van der Waals surface area contributed by atoms with Gasteiger partial charge in [0.05, 0.1) is 0 Å². The quantitative estimate of drug-likeness (QED) is 0.798. The van der Waals surface area contributed by atoms with Crippen molar-refractivity contribution in [3.8, 4) is 0 Å². The van der Waals surface area contributed by atoms with Crippen LogP contribution in [0, 0.1) is 0 Å². The Labute approximate surface area is 104 Å². The molecule has 0 unspecified atom stereocenters. The third-order valence-electron chi connectivity index (χ3n) is 2.01. The first-order valence-corrected chi connectivity index (χ1v) is 7.39. The minimum atomic E-state index is -3.77. The Morgan fingerprint density at radius 1 is 1.62 bits per heavy atom. The Morgan fingerprint density at radius 2 is 2.25 bits per heavy atom. The zero-order chi connectivity index (χ0) is 12.3. The fourth-order valence-electron chi connectivity index (χ4n) is 1.27. The van der Waals surface area contributed by atoms with E-state index in [4.69, 9.17) is 22.3 Å². The van der Waals surface area contributed by atoms with Crippen LogP contribution in [0.15, 0.2) is 22.3 Å². The second-order valence-electron chi connectivity index (χ2n) is 3.37. The zero-order valence-electron chi connectivity index (χ0n) is 8.94. The lowest BCUT2D eigenvalue weighted by atomic mass is 10.3. The van der Waals surface area contributed by atoms with Crippen molar-refractivity contribution in [3.05, 3.63) is 23.1 Å². The van der Waals surface area contributed by atoms with Crippen LogP contribution in [0.4, 0.5) is 0 Å². The van der Waals surface area contributed by atoms with E-state index in [0.717, 1.165) is 5.57 Å². The van der Waals surface area contributed by atoms with Gasteiger partial charge < -0.3 is 4.57 Å². The average Bonchev–Trinajstić information content (AvgIpc) is 2.60. The molecule has 0 aliphatic carbocycles. The topological polar surface area (TPSA) is 52.0 Å². The van der Waals surface area contributed by atoms with Gasteiger partial charge in [0, 0.05) is 35.4 Å². The molecule has 0 fully saturated rings. The Hall–Kier alpha value is -0.520. The van der Waals surface area contributed by atoms with Crippen molar-refractivity contribution >= 4 is 31.3 Å². The largest absolute Gasteiger partial charge is 0.329 e. The van der Waals surface area contributed by atoms with Gasteiger partial charge in [0.25, 0.3) is 9.05 Å². The normalized spacial score (nSPS) is 13.1. The van der Waals surface area contributed by atoms with E-state index >= 15 is 0 Å². The lowest BCUT2D eigenvalue weighted by Crippen LogP contribution is -2.02. The summed E-state index contributed by atoms with van der Waals surface area (Å²) in [5.41, 5.74) is 2.36. The predicted molar refractivity (Wildman–Crippen MR) is 64.3 cm³/mol. The van der Waals surface area contributed by atoms with Crippen molar-refractivity contribution in [2.24, 2.45) is 0 Å². The van der Waals surface area contributed by atoms with Crippen molar-refractivity contribution in [3.63, 3.8) is 0 Å². The molecule has 1 aromatic heterocycles. The highest BCUT2D eigenvalue weighted by atomic mass is 35.7. The minimum Gasteiger partial charge on any atom is -0.329 e. The summed E-state index contributed by atoms with van der Waals surface area (Å²) < 4.78 is 24.0. The number of hydrogen-bond donors (Lipinski definition) is 0. The summed E-state index contributed by atoms with van der Waals surface area (Å²) in [6, 6.07) is 0. The van der Waals surface area contributed by atoms with E-state index in [2.05, 4.69) is 4.98 Å². The molecule has 16 heavy (non-hydrogen) atoms. The minimum absolute atomic E-state index is 0.117. The first-order chi connectivity index (χ1) is 7.38. The van der Waals surface area contributed by atoms with Crippen molar-refractivity contribution in [1.29, 1.82) is 0 Å². The molecule has 0 aromatic carbocycles. The summed E-state index contributed by atoms with van der Waals surface area (Å²) in [6.45, 7) is 4.25. The molecular formula is C9H12Cl2N2O2S. The lowest BCUT2D eigenvalue weighted by Gasteiger charge is -2.04. The van der Waals surface area contributed by atoms with Gasteiger partial charge in [-0.2, -0.15) is 0 Å². The van der Waals surface area contributed by atoms with E-state index < -0.39 is 9.05 Å². The Kier molecular flexibility index (Phi) is 4.41. The van der Waals surface area contributed by atoms with Gasteiger partial charge in [-0.05, 0) is 12.5 Å². The highest BCUT2D eigenvalue weighted by Crippen LogP contribution is 2.16. The number of aryl methyl sites for hydroxylation is 1. The van der Waals surface area contributed by atoms with E-state index in [0.29, 0.717) is 18.8 Å². The number of aromatic nitrogens is 2. The second-order valence-corrected chi connectivity index (χ2v) is 6.10. The number of allylic oxidation sites excluding steroid dienone is 1. The Bertz CT molecular complexity index is 506. The molecular weight excluding hydrogens is 271 g/mol. The maximum Gasteiger partial charge on any atom is 0.280 e. The van der Waals surface area contributed by atoms with Crippen LogP contribution in [-0.2, 0) is 22.0 Å². The van der Waals surface area contributed by atoms with Crippen LogP contribution in [-0.4, -0.2) is 18.0 Å². The standard InChI is InChI=1S/C9H12Cl2N2O2S/c1-3-8-12-9(16(11,14)15)6-13(8)5-7(2)4-10/h4,6H,3,5H2,1-2H3. The SMILES string of the molecule is CCc1nc(S(=O)(=O)Cl)cn1CC(C)=CCl. The molecule has 7 heteroatoms. The molecule has 0 saturated heterocycles. The third kappa shape index (κ3) is 3.23. The molecule has 0 atom stereocenters. The average molecular weight is 283 g/mol. The molecule has 90 valence electrons. The molecule has 0 spiro atoms.